The first-order chi connectivity index (χ1) is 20.9. The lowest BCUT2D eigenvalue weighted by Gasteiger charge is -2.35. The van der Waals surface area contributed by atoms with Gasteiger partial charge in [-0.3, -0.25) is 24.1 Å². The van der Waals surface area contributed by atoms with Crippen LogP contribution in [0.5, 0.6) is 0 Å². The molecule has 0 aliphatic carbocycles. The van der Waals surface area contributed by atoms with Gasteiger partial charge in [-0.1, -0.05) is 12.1 Å². The van der Waals surface area contributed by atoms with Crippen LogP contribution in [0.3, 0.4) is 0 Å². The van der Waals surface area contributed by atoms with Crippen LogP contribution in [0.15, 0.2) is 30.4 Å². The number of nitrogens with two attached hydrogens (primary N) is 1. The fraction of sp³-hybridized carbons (Fsp3) is 0.613. The van der Waals surface area contributed by atoms with Crippen molar-refractivity contribution in [1.29, 1.82) is 0 Å². The van der Waals surface area contributed by atoms with Gasteiger partial charge in [0.15, 0.2) is 0 Å². The molecule has 2 saturated heterocycles. The molecule has 12 nitrogen and oxygen atoms in total. The minimum Gasteiger partial charge on any atom is -0.398 e. The standard InChI is InChI=1S/C31H45N5O7/c1-33(12-6-9-28(37)34-13-3-2-4-14-34)15-17-41-19-21-43-22-20-42-18-16-35-29(38)11-10-27(31(35)40)36-23-25-24(30(36)39)7-5-8-26(25)32/h5-9,27H,2-4,10-23,32H2,1H3/b9-6+. The summed E-state index contributed by atoms with van der Waals surface area (Å²) >= 11 is 0. The van der Waals surface area contributed by atoms with Crippen LogP contribution in [0.2, 0.25) is 0 Å². The Kier molecular flexibility index (Phi) is 12.5. The smallest absolute Gasteiger partial charge is 0.255 e. The van der Waals surface area contributed by atoms with Gasteiger partial charge in [-0.15, -0.1) is 0 Å². The number of imide groups is 1. The Morgan fingerprint density at radius 2 is 1.70 bits per heavy atom. The van der Waals surface area contributed by atoms with Crippen LogP contribution in [0.1, 0.15) is 48.0 Å². The van der Waals surface area contributed by atoms with E-state index in [4.69, 9.17) is 19.9 Å². The van der Waals surface area contributed by atoms with Crippen LogP contribution >= 0.6 is 0 Å². The summed E-state index contributed by atoms with van der Waals surface area (Å²) in [6.07, 6.45) is 7.46. The Hall–Kier alpha value is -3.32. The van der Waals surface area contributed by atoms with Gasteiger partial charge in [0.25, 0.3) is 11.8 Å². The van der Waals surface area contributed by atoms with E-state index < -0.39 is 6.04 Å². The molecule has 1 atom stereocenters. The van der Waals surface area contributed by atoms with Crippen molar-refractivity contribution < 1.29 is 33.4 Å². The second-order valence-electron chi connectivity index (χ2n) is 11.1. The maximum atomic E-state index is 13.1. The summed E-state index contributed by atoms with van der Waals surface area (Å²) in [6, 6.07) is 4.49. The highest BCUT2D eigenvalue weighted by Gasteiger charge is 2.42. The molecule has 4 amide bonds. The summed E-state index contributed by atoms with van der Waals surface area (Å²) in [7, 11) is 1.99. The normalized spacial score (nSPS) is 19.3. The number of rotatable bonds is 16. The summed E-state index contributed by atoms with van der Waals surface area (Å²) in [5.74, 6) is -0.761. The molecule has 1 aromatic rings. The molecule has 12 heteroatoms. The first-order valence-corrected chi connectivity index (χ1v) is 15.3. The maximum absolute atomic E-state index is 13.1. The van der Waals surface area contributed by atoms with E-state index in [0.717, 1.165) is 38.0 Å². The lowest BCUT2D eigenvalue weighted by molar-refractivity contribution is -0.153. The molecule has 4 rings (SSSR count). The number of hydrogen-bond acceptors (Lipinski definition) is 9. The molecule has 3 aliphatic heterocycles. The van der Waals surface area contributed by atoms with E-state index in [9.17, 15) is 19.2 Å². The molecule has 0 aromatic heterocycles. The number of piperidine rings is 2. The number of hydrogen-bond donors (Lipinski definition) is 1. The Bertz CT molecular complexity index is 1150. The highest BCUT2D eigenvalue weighted by Crippen LogP contribution is 2.31. The van der Waals surface area contributed by atoms with E-state index in [-0.39, 0.29) is 49.7 Å². The third-order valence-corrected chi connectivity index (χ3v) is 8.06. The third kappa shape index (κ3) is 9.09. The van der Waals surface area contributed by atoms with Gasteiger partial charge in [0, 0.05) is 62.0 Å². The van der Waals surface area contributed by atoms with E-state index >= 15 is 0 Å². The average molecular weight is 600 g/mol. The van der Waals surface area contributed by atoms with Gasteiger partial charge < -0.3 is 34.6 Å². The van der Waals surface area contributed by atoms with Crippen molar-refractivity contribution in [3.63, 3.8) is 0 Å². The molecule has 0 radical (unpaired) electrons. The van der Waals surface area contributed by atoms with Gasteiger partial charge >= 0.3 is 0 Å². The van der Waals surface area contributed by atoms with Gasteiger partial charge in [-0.05, 0) is 44.9 Å². The monoisotopic (exact) mass is 599 g/mol. The topological polar surface area (TPSA) is 135 Å². The van der Waals surface area contributed by atoms with E-state index in [2.05, 4.69) is 4.90 Å². The van der Waals surface area contributed by atoms with Crippen LogP contribution in [0.4, 0.5) is 5.69 Å². The quantitative estimate of drug-likeness (QED) is 0.129. The molecule has 236 valence electrons. The molecule has 2 fully saturated rings. The van der Waals surface area contributed by atoms with Crippen LogP contribution < -0.4 is 5.73 Å². The number of carbonyl (C=O) groups excluding carboxylic acids is 4. The zero-order valence-electron chi connectivity index (χ0n) is 25.2. The van der Waals surface area contributed by atoms with Crippen molar-refractivity contribution in [3.05, 3.63) is 41.5 Å². The minimum atomic E-state index is -0.690. The summed E-state index contributed by atoms with van der Waals surface area (Å²) in [5, 5.41) is 0. The number of nitrogens with zero attached hydrogens (tertiary/aromatic N) is 4. The van der Waals surface area contributed by atoms with E-state index in [1.807, 2.05) is 18.0 Å². The van der Waals surface area contributed by atoms with Gasteiger partial charge in [0.05, 0.1) is 46.2 Å². The van der Waals surface area contributed by atoms with Crippen LogP contribution in [0.25, 0.3) is 0 Å². The molecule has 43 heavy (non-hydrogen) atoms. The first kappa shape index (κ1) is 32.6. The van der Waals surface area contributed by atoms with Crippen molar-refractivity contribution in [2.75, 3.05) is 85.1 Å². The maximum Gasteiger partial charge on any atom is 0.255 e. The van der Waals surface area contributed by atoms with Crippen molar-refractivity contribution in [3.8, 4) is 0 Å². The second-order valence-corrected chi connectivity index (χ2v) is 11.1. The molecular weight excluding hydrogens is 554 g/mol. The van der Waals surface area contributed by atoms with Gasteiger partial charge in [0.2, 0.25) is 11.8 Å². The Labute approximate surface area is 253 Å². The average Bonchev–Trinajstić information content (AvgIpc) is 3.34. The van der Waals surface area contributed by atoms with Crippen molar-refractivity contribution in [1.82, 2.24) is 19.6 Å². The molecule has 3 aliphatic rings. The summed E-state index contributed by atoms with van der Waals surface area (Å²) in [6.45, 7) is 5.88. The lowest BCUT2D eigenvalue weighted by atomic mass is 10.0. The molecular formula is C31H45N5O7. The highest BCUT2D eigenvalue weighted by molar-refractivity contribution is 6.06. The Morgan fingerprint density at radius 3 is 2.42 bits per heavy atom. The van der Waals surface area contributed by atoms with Crippen LogP contribution in [-0.4, -0.2) is 129 Å². The molecule has 1 unspecified atom stereocenters. The number of likely N-dealkylation sites (tertiary alicyclic amines) is 2. The van der Waals surface area contributed by atoms with Gasteiger partial charge in [0.1, 0.15) is 6.04 Å². The molecule has 0 saturated carbocycles. The summed E-state index contributed by atoms with van der Waals surface area (Å²) in [4.78, 5) is 57.4. The predicted molar refractivity (Wildman–Crippen MR) is 160 cm³/mol. The minimum absolute atomic E-state index is 0.0979. The second kappa shape index (κ2) is 16.5. The molecule has 0 spiro atoms. The van der Waals surface area contributed by atoms with E-state index in [1.165, 1.54) is 16.2 Å². The third-order valence-electron chi connectivity index (χ3n) is 8.06. The lowest BCUT2D eigenvalue weighted by Crippen LogP contribution is -2.55. The number of likely N-dealkylation sites (N-methyl/N-ethyl adjacent to an activating group) is 1. The number of carbonyl (C=O) groups is 4. The zero-order chi connectivity index (χ0) is 30.6. The van der Waals surface area contributed by atoms with Crippen LogP contribution in [0, 0.1) is 0 Å². The number of anilines is 1. The molecule has 0 bridgehead atoms. The Balaban J connectivity index is 1.02. The largest absolute Gasteiger partial charge is 0.398 e. The summed E-state index contributed by atoms with van der Waals surface area (Å²) in [5.41, 5.74) is 7.81. The fourth-order valence-electron chi connectivity index (χ4n) is 5.54. The summed E-state index contributed by atoms with van der Waals surface area (Å²) < 4.78 is 16.7. The number of amides is 4. The number of benzene rings is 1. The van der Waals surface area contributed by atoms with Crippen molar-refractivity contribution in [2.45, 2.75) is 44.7 Å². The fourth-order valence-corrected chi connectivity index (χ4v) is 5.54. The number of ether oxygens (including phenoxy) is 3. The zero-order valence-corrected chi connectivity index (χ0v) is 25.2. The highest BCUT2D eigenvalue weighted by atomic mass is 16.5. The van der Waals surface area contributed by atoms with E-state index in [1.54, 1.807) is 24.3 Å². The molecule has 2 N–H and O–H groups in total. The SMILES string of the molecule is CN(C/C=C/C(=O)N1CCCCC1)CCOCCOCCOCCN1C(=O)CCC(N2Cc3c(N)cccc3C2=O)C1=O. The number of nitrogen functional groups attached to an aromatic ring is 1. The van der Waals surface area contributed by atoms with Crippen molar-refractivity contribution in [2.24, 2.45) is 0 Å². The van der Waals surface area contributed by atoms with Gasteiger partial charge in [-0.25, -0.2) is 0 Å². The van der Waals surface area contributed by atoms with Gasteiger partial charge in [-0.2, -0.15) is 0 Å². The Morgan fingerprint density at radius 1 is 1.00 bits per heavy atom. The van der Waals surface area contributed by atoms with Crippen molar-refractivity contribution >= 4 is 29.3 Å². The first-order valence-electron chi connectivity index (χ1n) is 15.3. The number of fused-ring (bicyclic) bond motifs is 1. The molecule has 1 aromatic carbocycles. The predicted octanol–water partition coefficient (Wildman–Crippen LogP) is 1.29. The van der Waals surface area contributed by atoms with Crippen LogP contribution in [-0.2, 0) is 35.1 Å². The van der Waals surface area contributed by atoms with E-state index in [0.29, 0.717) is 57.3 Å². The molecule has 3 heterocycles.